The van der Waals surface area contributed by atoms with Crippen molar-refractivity contribution in [3.05, 3.63) is 0 Å². The predicted molar refractivity (Wildman–Crippen MR) is 43.2 cm³/mol. The molecular formula is C6H16O2STi. The molecule has 0 aromatic heterocycles. The van der Waals surface area contributed by atoms with E-state index in [1.54, 1.807) is 14.2 Å². The van der Waals surface area contributed by atoms with Crippen molar-refractivity contribution in [3.8, 4) is 0 Å². The van der Waals surface area contributed by atoms with Gasteiger partial charge in [0.25, 0.3) is 0 Å². The third-order valence-electron chi connectivity index (χ3n) is 1.65. The van der Waals surface area contributed by atoms with Gasteiger partial charge in [-0.25, -0.2) is 0 Å². The molecule has 0 rings (SSSR count). The van der Waals surface area contributed by atoms with Crippen LogP contribution in [-0.4, -0.2) is 20.0 Å². The third-order valence-corrected chi connectivity index (χ3v) is 6.64. The van der Waals surface area contributed by atoms with Gasteiger partial charge >= 0.3 is 73.0 Å². The van der Waals surface area contributed by atoms with Crippen LogP contribution in [0.15, 0.2) is 0 Å². The maximum absolute atomic E-state index is 5.32. The summed E-state index contributed by atoms with van der Waals surface area (Å²) in [6.45, 7) is 0. The Morgan fingerprint density at radius 1 is 1.30 bits per heavy atom. The Morgan fingerprint density at radius 3 is 2.10 bits per heavy atom. The number of hydrogen-bond acceptors (Lipinski definition) is 3. The first-order chi connectivity index (χ1) is 4.68. The van der Waals surface area contributed by atoms with E-state index < -0.39 is 17.4 Å². The average molecular weight is 200 g/mol. The predicted octanol–water partition coefficient (Wildman–Crippen LogP) is 2.05. The number of hydrogen-bond donors (Lipinski definition) is 1. The van der Waals surface area contributed by atoms with Crippen LogP contribution in [0.1, 0.15) is 6.42 Å². The van der Waals surface area contributed by atoms with Gasteiger partial charge in [-0.1, -0.05) is 0 Å². The second-order valence-corrected chi connectivity index (χ2v) is 8.41. The summed E-state index contributed by atoms with van der Waals surface area (Å²) in [7, 11) is 3.48. The Morgan fingerprint density at radius 2 is 1.80 bits per heavy atom. The molecule has 0 aromatic rings. The van der Waals surface area contributed by atoms with Gasteiger partial charge in [0, 0.05) is 0 Å². The summed E-state index contributed by atoms with van der Waals surface area (Å²) in [6.07, 6.45) is 1.10. The molecule has 0 aliphatic heterocycles. The average Bonchev–Trinajstić information content (AvgIpc) is 2.00. The number of thiol groups is 1. The molecule has 10 heavy (non-hydrogen) atoms. The van der Waals surface area contributed by atoms with Crippen LogP contribution in [-0.2, 0) is 24.0 Å². The van der Waals surface area contributed by atoms with Gasteiger partial charge in [-0.15, -0.1) is 0 Å². The van der Waals surface area contributed by atoms with Crippen LogP contribution in [0.4, 0.5) is 0 Å². The summed E-state index contributed by atoms with van der Waals surface area (Å²) in [5, 5.41) is 2.11. The summed E-state index contributed by atoms with van der Waals surface area (Å²) in [6, 6.07) is 0. The standard InChI is InChI=1S/C3H7S.2CH3O.CH3.Ti/c1-2-3-4;2*1-2;;/h4H,1-3H2;2*1H3;1H3;/q;2*-1;;+2. The van der Waals surface area contributed by atoms with Crippen LogP contribution in [0.3, 0.4) is 0 Å². The fourth-order valence-corrected chi connectivity index (χ4v) is 3.49. The third kappa shape index (κ3) is 3.99. The maximum atomic E-state index is 5.32. The van der Waals surface area contributed by atoms with Gasteiger partial charge in [-0.3, -0.25) is 0 Å². The Hall–Kier alpha value is 0.984. The van der Waals surface area contributed by atoms with E-state index in [1.165, 1.54) is 0 Å². The molecule has 2 nitrogen and oxygen atoms in total. The Labute approximate surface area is 73.0 Å². The zero-order chi connectivity index (χ0) is 8.04. The molecule has 0 saturated heterocycles. The van der Waals surface area contributed by atoms with Gasteiger partial charge in [-0.2, -0.15) is 0 Å². The Bertz CT molecular complexity index is 85.8. The van der Waals surface area contributed by atoms with E-state index in [1.807, 2.05) is 0 Å². The topological polar surface area (TPSA) is 18.5 Å². The quantitative estimate of drug-likeness (QED) is 0.540. The Kier molecular flexibility index (Phi) is 6.16. The monoisotopic (exact) mass is 200 g/mol. The molecule has 0 heterocycles. The molecule has 4 heteroatoms. The molecule has 0 spiro atoms. The number of rotatable bonds is 5. The summed E-state index contributed by atoms with van der Waals surface area (Å²) in [5.74, 6) is 0.924. The van der Waals surface area contributed by atoms with E-state index >= 15 is 0 Å². The summed E-state index contributed by atoms with van der Waals surface area (Å²) >= 11 is 1.89. The van der Waals surface area contributed by atoms with Gasteiger partial charge in [0.1, 0.15) is 0 Å². The van der Waals surface area contributed by atoms with E-state index in [4.69, 9.17) is 6.64 Å². The van der Waals surface area contributed by atoms with Crippen molar-refractivity contribution < 1.29 is 24.0 Å². The molecule has 0 aliphatic carbocycles. The minimum absolute atomic E-state index is 0.924. The molecule has 62 valence electrons. The SMILES string of the molecule is C[O][Ti]([CH3])([CH2]CCS)[O]C. The molecular weight excluding hydrogens is 184 g/mol. The zero-order valence-corrected chi connectivity index (χ0v) is 9.34. The molecule has 0 saturated carbocycles. The first-order valence-corrected chi connectivity index (χ1v) is 7.97. The van der Waals surface area contributed by atoms with Crippen molar-refractivity contribution in [1.29, 1.82) is 0 Å². The van der Waals surface area contributed by atoms with Crippen molar-refractivity contribution >= 4 is 12.6 Å². The normalized spacial score (nSPS) is 12.0. The van der Waals surface area contributed by atoms with Crippen LogP contribution in [0.5, 0.6) is 0 Å². The second kappa shape index (κ2) is 5.61. The van der Waals surface area contributed by atoms with Crippen LogP contribution in [0.25, 0.3) is 0 Å². The fourth-order valence-electron chi connectivity index (χ4n) is 0.688. The molecule has 0 fully saturated rings. The van der Waals surface area contributed by atoms with Crippen molar-refractivity contribution in [2.75, 3.05) is 20.0 Å². The van der Waals surface area contributed by atoms with Gasteiger partial charge < -0.3 is 0 Å². The van der Waals surface area contributed by atoms with Crippen molar-refractivity contribution in [2.45, 2.75) is 16.4 Å². The zero-order valence-electron chi connectivity index (χ0n) is 6.89. The van der Waals surface area contributed by atoms with Crippen molar-refractivity contribution in [3.63, 3.8) is 0 Å². The van der Waals surface area contributed by atoms with Crippen LogP contribution < -0.4 is 0 Å². The van der Waals surface area contributed by atoms with E-state index in [-0.39, 0.29) is 0 Å². The van der Waals surface area contributed by atoms with Gasteiger partial charge in [0.05, 0.1) is 0 Å². The molecule has 0 amide bonds. The molecule has 0 bridgehead atoms. The summed E-state index contributed by atoms with van der Waals surface area (Å²) in [4.78, 5) is 0. The minimum atomic E-state index is -2.24. The van der Waals surface area contributed by atoms with Crippen LogP contribution in [0, 0.1) is 0 Å². The Balaban J connectivity index is 3.58. The summed E-state index contributed by atoms with van der Waals surface area (Å²) in [5.41, 5.74) is 0. The fraction of sp³-hybridized carbons (Fsp3) is 1.00. The van der Waals surface area contributed by atoms with Crippen LogP contribution >= 0.6 is 12.6 Å². The van der Waals surface area contributed by atoms with Gasteiger partial charge in [0.15, 0.2) is 0 Å². The molecule has 0 unspecified atom stereocenters. The molecule has 0 aromatic carbocycles. The van der Waals surface area contributed by atoms with Crippen molar-refractivity contribution in [2.24, 2.45) is 0 Å². The first kappa shape index (κ1) is 11.0. The van der Waals surface area contributed by atoms with Gasteiger partial charge in [-0.05, 0) is 0 Å². The van der Waals surface area contributed by atoms with E-state index in [0.29, 0.717) is 0 Å². The second-order valence-electron chi connectivity index (χ2n) is 2.37. The van der Waals surface area contributed by atoms with E-state index in [2.05, 4.69) is 17.9 Å². The molecule has 0 radical (unpaired) electrons. The van der Waals surface area contributed by atoms with E-state index in [9.17, 15) is 0 Å². The molecule has 0 N–H and O–H groups in total. The van der Waals surface area contributed by atoms with Crippen molar-refractivity contribution in [1.82, 2.24) is 0 Å². The van der Waals surface area contributed by atoms with E-state index in [0.717, 1.165) is 16.9 Å². The molecule has 0 atom stereocenters. The first-order valence-electron chi connectivity index (χ1n) is 3.39. The summed E-state index contributed by atoms with van der Waals surface area (Å²) < 4.78 is 11.7. The molecule has 0 aliphatic rings. The van der Waals surface area contributed by atoms with Crippen LogP contribution in [0.2, 0.25) is 9.95 Å². The van der Waals surface area contributed by atoms with Gasteiger partial charge in [0.2, 0.25) is 0 Å².